The molecule has 0 atom stereocenters. The number of carbonyl (C=O) groups is 2. The molecule has 0 bridgehead atoms. The van der Waals surface area contributed by atoms with Gasteiger partial charge in [-0.05, 0) is 75.4 Å². The van der Waals surface area contributed by atoms with E-state index in [4.69, 9.17) is 9.47 Å². The molecule has 3 aromatic rings. The van der Waals surface area contributed by atoms with Gasteiger partial charge in [0, 0.05) is 37.2 Å². The Labute approximate surface area is 274 Å². The normalized spacial score (nSPS) is 14.2. The summed E-state index contributed by atoms with van der Waals surface area (Å²) >= 11 is 0. The third-order valence-electron chi connectivity index (χ3n) is 8.07. The smallest absolute Gasteiger partial charge is 0.416 e. The Morgan fingerprint density at radius 2 is 1.57 bits per heavy atom. The zero-order chi connectivity index (χ0) is 34.0. The van der Waals surface area contributed by atoms with Crippen molar-refractivity contribution in [1.82, 2.24) is 20.2 Å². The summed E-state index contributed by atoms with van der Waals surface area (Å²) in [6.45, 7) is 11.2. The van der Waals surface area contributed by atoms with Gasteiger partial charge in [-0.25, -0.2) is 0 Å². The summed E-state index contributed by atoms with van der Waals surface area (Å²) in [6.07, 6.45) is 0.132. The zero-order valence-electron chi connectivity index (χ0n) is 27.5. The molecule has 1 fully saturated rings. The van der Waals surface area contributed by atoms with E-state index in [9.17, 15) is 22.8 Å². The van der Waals surface area contributed by atoms with Gasteiger partial charge in [0.2, 0.25) is 17.7 Å². The van der Waals surface area contributed by atoms with E-state index in [2.05, 4.69) is 20.2 Å². The van der Waals surface area contributed by atoms with Crippen LogP contribution in [0.2, 0.25) is 0 Å². The summed E-state index contributed by atoms with van der Waals surface area (Å²) in [5.41, 5.74) is 1.30. The molecule has 1 saturated heterocycles. The second-order valence-corrected chi connectivity index (χ2v) is 11.8. The van der Waals surface area contributed by atoms with E-state index in [1.807, 2.05) is 27.7 Å². The molecule has 4 rings (SSSR count). The van der Waals surface area contributed by atoms with E-state index in [1.54, 1.807) is 29.2 Å². The maximum Gasteiger partial charge on any atom is 0.416 e. The highest BCUT2D eigenvalue weighted by Crippen LogP contribution is 2.36. The molecule has 2 heterocycles. The minimum Gasteiger partial charge on any atom is -0.476 e. The van der Waals surface area contributed by atoms with Crippen molar-refractivity contribution in [1.29, 1.82) is 0 Å². The molecule has 0 spiro atoms. The largest absolute Gasteiger partial charge is 0.476 e. The van der Waals surface area contributed by atoms with Gasteiger partial charge in [0.1, 0.15) is 6.33 Å². The lowest BCUT2D eigenvalue weighted by molar-refractivity contribution is -0.137. The van der Waals surface area contributed by atoms with Crippen molar-refractivity contribution in [2.24, 2.45) is 5.92 Å². The lowest BCUT2D eigenvalue weighted by Crippen LogP contribution is -2.45. The molecule has 1 aromatic heterocycles. The number of hydrogen-bond acceptors (Lipinski definition) is 7. The third kappa shape index (κ3) is 9.43. The monoisotopic (exact) mass is 655 g/mol. The molecule has 0 aliphatic carbocycles. The highest BCUT2D eigenvalue weighted by atomic mass is 19.4. The molecular formula is C35H44F3N5O4. The number of benzene rings is 2. The van der Waals surface area contributed by atoms with E-state index in [0.717, 1.165) is 57.5 Å². The van der Waals surface area contributed by atoms with Crippen molar-refractivity contribution in [3.63, 3.8) is 0 Å². The van der Waals surface area contributed by atoms with Crippen LogP contribution in [0.15, 0.2) is 54.9 Å². The number of aromatic nitrogens is 2. The van der Waals surface area contributed by atoms with Crippen LogP contribution in [0.25, 0.3) is 11.1 Å². The highest BCUT2D eigenvalue weighted by molar-refractivity contribution is 6.01. The highest BCUT2D eigenvalue weighted by Gasteiger charge is 2.31. The fraction of sp³-hybridized carbons (Fsp3) is 0.486. The molecular weight excluding hydrogens is 611 g/mol. The van der Waals surface area contributed by atoms with Crippen molar-refractivity contribution >= 4 is 17.5 Å². The van der Waals surface area contributed by atoms with Gasteiger partial charge in [-0.1, -0.05) is 44.2 Å². The average Bonchev–Trinajstić information content (AvgIpc) is 3.06. The lowest BCUT2D eigenvalue weighted by atomic mass is 9.97. The molecule has 1 aliphatic heterocycles. The predicted molar refractivity (Wildman–Crippen MR) is 175 cm³/mol. The summed E-state index contributed by atoms with van der Waals surface area (Å²) in [7, 11) is 0. The molecule has 2 amide bonds. The zero-order valence-corrected chi connectivity index (χ0v) is 27.5. The quantitative estimate of drug-likeness (QED) is 0.195. The Balaban J connectivity index is 1.30. The van der Waals surface area contributed by atoms with Gasteiger partial charge >= 0.3 is 6.18 Å². The Morgan fingerprint density at radius 3 is 2.15 bits per heavy atom. The minimum absolute atomic E-state index is 0.00868. The Morgan fingerprint density at radius 1 is 0.957 bits per heavy atom. The summed E-state index contributed by atoms with van der Waals surface area (Å²) in [5, 5.41) is 3.13. The first-order valence-electron chi connectivity index (χ1n) is 16.2. The van der Waals surface area contributed by atoms with E-state index in [-0.39, 0.29) is 23.8 Å². The van der Waals surface area contributed by atoms with Crippen LogP contribution in [0.1, 0.15) is 69.3 Å². The van der Waals surface area contributed by atoms with Gasteiger partial charge in [0.25, 0.3) is 5.91 Å². The Kier molecular flexibility index (Phi) is 12.6. The van der Waals surface area contributed by atoms with Crippen LogP contribution < -0.4 is 19.7 Å². The van der Waals surface area contributed by atoms with Crippen molar-refractivity contribution in [2.45, 2.75) is 65.6 Å². The number of nitrogens with zero attached hydrogens (tertiary/aromatic N) is 4. The predicted octanol–water partition coefficient (Wildman–Crippen LogP) is 6.62. The van der Waals surface area contributed by atoms with E-state index in [1.165, 1.54) is 18.5 Å². The number of ether oxygens (including phenoxy) is 2. The summed E-state index contributed by atoms with van der Waals surface area (Å²) < 4.78 is 50.6. The van der Waals surface area contributed by atoms with E-state index < -0.39 is 11.7 Å². The summed E-state index contributed by atoms with van der Waals surface area (Å²) in [5.74, 6) is 0.113. The van der Waals surface area contributed by atoms with Crippen LogP contribution in [0.5, 0.6) is 11.8 Å². The minimum atomic E-state index is -4.42. The van der Waals surface area contributed by atoms with Crippen LogP contribution in [-0.4, -0.2) is 72.1 Å². The molecule has 0 unspecified atom stereocenters. The molecule has 2 aromatic carbocycles. The van der Waals surface area contributed by atoms with E-state index >= 15 is 0 Å². The Bertz CT molecular complexity index is 1450. The third-order valence-corrected chi connectivity index (χ3v) is 8.07. The number of rotatable bonds is 14. The van der Waals surface area contributed by atoms with Gasteiger partial charge in [0.15, 0.2) is 5.69 Å². The average molecular weight is 656 g/mol. The number of alkyl halides is 3. The number of anilines is 1. The molecule has 0 saturated carbocycles. The molecule has 254 valence electrons. The van der Waals surface area contributed by atoms with Gasteiger partial charge in [-0.15, -0.1) is 0 Å². The molecule has 0 radical (unpaired) electrons. The van der Waals surface area contributed by atoms with E-state index in [0.29, 0.717) is 53.9 Å². The van der Waals surface area contributed by atoms with Gasteiger partial charge in [-0.3, -0.25) is 9.59 Å². The fourth-order valence-corrected chi connectivity index (χ4v) is 5.65. The number of piperidine rings is 1. The second kappa shape index (κ2) is 16.6. The SMILES string of the molecule is CCOc1ncnc(OCC)c1N(CCCCN1CCC(NC(=O)c2ccccc2-c2ccc(C(F)(F)F)cc2)CC1)C(=O)C(C)C. The van der Waals surface area contributed by atoms with Crippen molar-refractivity contribution in [3.8, 4) is 22.9 Å². The van der Waals surface area contributed by atoms with Crippen molar-refractivity contribution in [3.05, 3.63) is 66.0 Å². The lowest BCUT2D eigenvalue weighted by Gasteiger charge is -2.33. The van der Waals surface area contributed by atoms with Crippen LogP contribution in [0.3, 0.4) is 0 Å². The number of halogens is 3. The molecule has 47 heavy (non-hydrogen) atoms. The van der Waals surface area contributed by atoms with Crippen LogP contribution >= 0.6 is 0 Å². The van der Waals surface area contributed by atoms with Crippen LogP contribution in [0, 0.1) is 5.92 Å². The number of carbonyl (C=O) groups excluding carboxylic acids is 2. The van der Waals surface area contributed by atoms with Crippen LogP contribution in [-0.2, 0) is 11.0 Å². The van der Waals surface area contributed by atoms with Crippen molar-refractivity contribution < 1.29 is 32.2 Å². The first kappa shape index (κ1) is 35.7. The number of hydrogen-bond donors (Lipinski definition) is 1. The standard InChI is InChI=1S/C35H44F3N5O4/c1-5-46-32-30(33(47-6-2)40-23-39-32)43(34(45)24(3)4)20-10-9-19-42-21-17-27(18-22-42)41-31(44)29-12-8-7-11-28(29)25-13-15-26(16-14-25)35(36,37)38/h7-8,11-16,23-24,27H,5-6,9-10,17-22H2,1-4H3,(H,41,44). The Hall–Kier alpha value is -4.19. The van der Waals surface area contributed by atoms with Crippen molar-refractivity contribution in [2.75, 3.05) is 44.3 Å². The first-order valence-corrected chi connectivity index (χ1v) is 16.2. The van der Waals surface area contributed by atoms with Gasteiger partial charge in [-0.2, -0.15) is 23.1 Å². The molecule has 9 nitrogen and oxygen atoms in total. The topological polar surface area (TPSA) is 96.9 Å². The first-order chi connectivity index (χ1) is 22.5. The maximum absolute atomic E-state index is 13.3. The number of unbranched alkanes of at least 4 members (excludes halogenated alkanes) is 1. The summed E-state index contributed by atoms with van der Waals surface area (Å²) in [6, 6.07) is 11.8. The number of nitrogens with one attached hydrogen (secondary N) is 1. The molecule has 12 heteroatoms. The van der Waals surface area contributed by atoms with Gasteiger partial charge in [0.05, 0.1) is 18.8 Å². The second-order valence-electron chi connectivity index (χ2n) is 11.8. The molecule has 1 N–H and O–H groups in total. The number of likely N-dealkylation sites (tertiary alicyclic amines) is 1. The van der Waals surface area contributed by atoms with Crippen LogP contribution in [0.4, 0.5) is 18.9 Å². The summed E-state index contributed by atoms with van der Waals surface area (Å²) in [4.78, 5) is 39.2. The molecule has 1 aliphatic rings. The number of amides is 2. The maximum atomic E-state index is 13.3. The van der Waals surface area contributed by atoms with Gasteiger partial charge < -0.3 is 24.6 Å². The fourth-order valence-electron chi connectivity index (χ4n) is 5.65.